The van der Waals surface area contributed by atoms with E-state index in [2.05, 4.69) is 10.1 Å². The van der Waals surface area contributed by atoms with Crippen molar-refractivity contribution in [3.05, 3.63) is 86.8 Å². The van der Waals surface area contributed by atoms with Crippen molar-refractivity contribution in [2.75, 3.05) is 11.9 Å². The SMILES string of the molecule is CC1Cc2ccc(Cl)cc2-c2cc(=O)n(C(CCOC(F)F)C(=O)Nc3ccc(C(N)=O)cc3)cc2CO1. The molecule has 3 N–H and O–H groups in total. The van der Waals surface area contributed by atoms with Gasteiger partial charge < -0.3 is 25.1 Å². The number of alkyl halides is 2. The summed E-state index contributed by atoms with van der Waals surface area (Å²) in [6.45, 7) is -1.39. The van der Waals surface area contributed by atoms with E-state index in [-0.39, 0.29) is 24.7 Å². The number of amides is 2. The average Bonchev–Trinajstić information content (AvgIpc) is 2.86. The summed E-state index contributed by atoms with van der Waals surface area (Å²) in [5.74, 6) is -1.25. The van der Waals surface area contributed by atoms with E-state index in [1.54, 1.807) is 12.1 Å². The Hall–Kier alpha value is -3.60. The minimum atomic E-state index is -3.02. The molecule has 0 fully saturated rings. The number of carbonyl (C=O) groups is 2. The van der Waals surface area contributed by atoms with Gasteiger partial charge in [-0.05, 0) is 66.4 Å². The molecule has 1 aliphatic heterocycles. The standard InChI is InChI=1S/C27H26ClF2N3O5/c1-15-10-17-2-5-19(28)11-21(17)22-12-24(34)33(13-18(22)14-38-15)23(8-9-37-27(29)30)26(36)32-20-6-3-16(4-7-20)25(31)35/h2-7,11-13,15,23,27H,8-10,14H2,1H3,(H2,31,35)(H,32,36). The molecule has 0 spiro atoms. The molecule has 0 saturated carbocycles. The zero-order valence-corrected chi connectivity index (χ0v) is 21.2. The van der Waals surface area contributed by atoms with Crippen molar-refractivity contribution in [1.82, 2.24) is 4.57 Å². The van der Waals surface area contributed by atoms with E-state index < -0.39 is 36.6 Å². The normalized spacial score (nSPS) is 15.7. The minimum Gasteiger partial charge on any atom is -0.373 e. The number of anilines is 1. The third kappa shape index (κ3) is 6.45. The van der Waals surface area contributed by atoms with Crippen LogP contribution in [0.25, 0.3) is 11.1 Å². The Bertz CT molecular complexity index is 1390. The van der Waals surface area contributed by atoms with Crippen LogP contribution in [0.15, 0.2) is 59.5 Å². The van der Waals surface area contributed by atoms with Crippen molar-refractivity contribution < 1.29 is 27.8 Å². The van der Waals surface area contributed by atoms with E-state index in [0.717, 1.165) is 11.1 Å². The highest BCUT2D eigenvalue weighted by molar-refractivity contribution is 6.30. The molecular formula is C27H26ClF2N3O5. The molecule has 0 bridgehead atoms. The fourth-order valence-corrected chi connectivity index (χ4v) is 4.56. The van der Waals surface area contributed by atoms with Crippen LogP contribution in [-0.2, 0) is 27.3 Å². The first-order valence-corrected chi connectivity index (χ1v) is 12.3. The van der Waals surface area contributed by atoms with Crippen molar-refractivity contribution >= 4 is 29.1 Å². The molecule has 2 unspecified atom stereocenters. The zero-order chi connectivity index (χ0) is 27.4. The van der Waals surface area contributed by atoms with Crippen LogP contribution in [0.2, 0.25) is 5.02 Å². The van der Waals surface area contributed by atoms with Gasteiger partial charge in [0, 0.05) is 40.5 Å². The van der Waals surface area contributed by atoms with Crippen LogP contribution in [0.5, 0.6) is 0 Å². The van der Waals surface area contributed by atoms with Crippen LogP contribution in [0.3, 0.4) is 0 Å². The molecule has 200 valence electrons. The maximum absolute atomic E-state index is 13.3. The molecular weight excluding hydrogens is 520 g/mol. The number of benzene rings is 2. The Labute approximate surface area is 222 Å². The maximum Gasteiger partial charge on any atom is 0.345 e. The number of nitrogens with one attached hydrogen (secondary N) is 1. The van der Waals surface area contributed by atoms with Gasteiger partial charge in [-0.15, -0.1) is 0 Å². The van der Waals surface area contributed by atoms with Gasteiger partial charge in [0.15, 0.2) is 0 Å². The van der Waals surface area contributed by atoms with Crippen molar-refractivity contribution in [3.63, 3.8) is 0 Å². The molecule has 1 aliphatic rings. The first-order valence-electron chi connectivity index (χ1n) is 11.9. The quantitative estimate of drug-likeness (QED) is 0.431. The topological polar surface area (TPSA) is 113 Å². The number of halogens is 3. The van der Waals surface area contributed by atoms with E-state index in [1.807, 2.05) is 13.0 Å². The van der Waals surface area contributed by atoms with Gasteiger partial charge in [-0.3, -0.25) is 14.4 Å². The number of aromatic nitrogens is 1. The van der Waals surface area contributed by atoms with E-state index >= 15 is 0 Å². The molecule has 11 heteroatoms. The van der Waals surface area contributed by atoms with Gasteiger partial charge in [-0.25, -0.2) is 0 Å². The summed E-state index contributed by atoms with van der Waals surface area (Å²) in [5, 5.41) is 3.17. The molecule has 0 saturated heterocycles. The number of carbonyl (C=O) groups excluding carboxylic acids is 2. The largest absolute Gasteiger partial charge is 0.373 e. The third-order valence-electron chi connectivity index (χ3n) is 6.27. The lowest BCUT2D eigenvalue weighted by Gasteiger charge is -2.25. The van der Waals surface area contributed by atoms with Crippen molar-refractivity contribution in [2.45, 2.75) is 45.1 Å². The summed E-state index contributed by atoms with van der Waals surface area (Å²) in [6.07, 6.45) is 1.82. The number of nitrogens with two attached hydrogens (primary N) is 1. The van der Waals surface area contributed by atoms with Crippen LogP contribution in [-0.4, -0.2) is 35.7 Å². The van der Waals surface area contributed by atoms with Gasteiger partial charge in [0.05, 0.1) is 19.3 Å². The molecule has 2 heterocycles. The number of hydrogen-bond acceptors (Lipinski definition) is 5. The molecule has 0 radical (unpaired) electrons. The van der Waals surface area contributed by atoms with Crippen molar-refractivity contribution in [2.24, 2.45) is 5.73 Å². The second-order valence-corrected chi connectivity index (χ2v) is 9.39. The Morgan fingerprint density at radius 3 is 2.55 bits per heavy atom. The van der Waals surface area contributed by atoms with Crippen LogP contribution < -0.4 is 16.6 Å². The number of primary amides is 1. The third-order valence-corrected chi connectivity index (χ3v) is 6.50. The van der Waals surface area contributed by atoms with E-state index in [1.165, 1.54) is 41.1 Å². The first-order chi connectivity index (χ1) is 18.1. The summed E-state index contributed by atoms with van der Waals surface area (Å²) in [4.78, 5) is 37.9. The molecule has 0 aliphatic carbocycles. The minimum absolute atomic E-state index is 0.120. The fraction of sp³-hybridized carbons (Fsp3) is 0.296. The van der Waals surface area contributed by atoms with Crippen LogP contribution in [0.4, 0.5) is 14.5 Å². The lowest BCUT2D eigenvalue weighted by Crippen LogP contribution is -2.34. The van der Waals surface area contributed by atoms with Gasteiger partial charge in [-0.1, -0.05) is 17.7 Å². The molecule has 4 rings (SSSR count). The monoisotopic (exact) mass is 545 g/mol. The van der Waals surface area contributed by atoms with Gasteiger partial charge in [0.1, 0.15) is 6.04 Å². The molecule has 2 aromatic carbocycles. The summed E-state index contributed by atoms with van der Waals surface area (Å²) < 4.78 is 36.9. The number of nitrogens with zero attached hydrogens (tertiary/aromatic N) is 1. The highest BCUT2D eigenvalue weighted by Gasteiger charge is 2.26. The lowest BCUT2D eigenvalue weighted by atomic mass is 9.92. The van der Waals surface area contributed by atoms with Gasteiger partial charge in [0.2, 0.25) is 11.8 Å². The molecule has 8 nitrogen and oxygen atoms in total. The van der Waals surface area contributed by atoms with Gasteiger partial charge in [0.25, 0.3) is 5.56 Å². The number of rotatable bonds is 8. The Balaban J connectivity index is 1.72. The molecule has 2 amide bonds. The zero-order valence-electron chi connectivity index (χ0n) is 20.5. The predicted octanol–water partition coefficient (Wildman–Crippen LogP) is 4.54. The summed E-state index contributed by atoms with van der Waals surface area (Å²) >= 11 is 6.26. The van der Waals surface area contributed by atoms with E-state index in [4.69, 9.17) is 22.1 Å². The van der Waals surface area contributed by atoms with E-state index in [0.29, 0.717) is 28.3 Å². The number of ether oxygens (including phenoxy) is 2. The lowest BCUT2D eigenvalue weighted by molar-refractivity contribution is -0.135. The molecule has 1 aromatic heterocycles. The maximum atomic E-state index is 13.3. The van der Waals surface area contributed by atoms with E-state index in [9.17, 15) is 23.2 Å². The highest BCUT2D eigenvalue weighted by Crippen LogP contribution is 2.33. The number of fused-ring (bicyclic) bond motifs is 3. The summed E-state index contributed by atoms with van der Waals surface area (Å²) in [7, 11) is 0. The average molecular weight is 546 g/mol. The first kappa shape index (κ1) is 27.4. The predicted molar refractivity (Wildman–Crippen MR) is 138 cm³/mol. The second-order valence-electron chi connectivity index (χ2n) is 8.95. The molecule has 2 atom stereocenters. The van der Waals surface area contributed by atoms with Crippen LogP contribution in [0, 0.1) is 0 Å². The molecule has 38 heavy (non-hydrogen) atoms. The Morgan fingerprint density at radius 1 is 1.16 bits per heavy atom. The smallest absolute Gasteiger partial charge is 0.345 e. The Kier molecular flexibility index (Phi) is 8.55. The van der Waals surface area contributed by atoms with Gasteiger partial charge in [-0.2, -0.15) is 8.78 Å². The van der Waals surface area contributed by atoms with Crippen LogP contribution >= 0.6 is 11.6 Å². The van der Waals surface area contributed by atoms with Crippen molar-refractivity contribution in [3.8, 4) is 11.1 Å². The van der Waals surface area contributed by atoms with Gasteiger partial charge >= 0.3 is 6.61 Å². The number of hydrogen-bond donors (Lipinski definition) is 2. The summed E-state index contributed by atoms with van der Waals surface area (Å²) in [5.41, 5.74) is 8.34. The second kappa shape index (κ2) is 11.8. The fourth-order valence-electron chi connectivity index (χ4n) is 4.39. The number of pyridine rings is 1. The van der Waals surface area contributed by atoms with Crippen molar-refractivity contribution in [1.29, 1.82) is 0 Å². The highest BCUT2D eigenvalue weighted by atomic mass is 35.5. The molecule has 3 aromatic rings. The summed E-state index contributed by atoms with van der Waals surface area (Å²) in [6, 6.07) is 11.5. The van der Waals surface area contributed by atoms with Crippen LogP contribution in [0.1, 0.15) is 40.9 Å². The Morgan fingerprint density at radius 2 is 1.87 bits per heavy atom.